The highest BCUT2D eigenvalue weighted by atomic mass is 16.5. The monoisotopic (exact) mass is 306 g/mol. The second-order valence-electron chi connectivity index (χ2n) is 4.03. The third-order valence-corrected chi connectivity index (χ3v) is 2.49. The lowest BCUT2D eigenvalue weighted by atomic mass is 10.1. The summed E-state index contributed by atoms with van der Waals surface area (Å²) < 4.78 is 9.18. The number of rotatable bonds is 5. The van der Waals surface area contributed by atoms with Gasteiger partial charge < -0.3 is 14.6 Å². The molecule has 0 unspecified atom stereocenters. The first-order valence-corrected chi connectivity index (χ1v) is 6.88. The van der Waals surface area contributed by atoms with Crippen LogP contribution in [0, 0.1) is 6.92 Å². The van der Waals surface area contributed by atoms with Crippen LogP contribution in [0.25, 0.3) is 6.08 Å². The van der Waals surface area contributed by atoms with Gasteiger partial charge in [0.2, 0.25) is 0 Å². The van der Waals surface area contributed by atoms with Crippen molar-refractivity contribution in [2.24, 2.45) is 0 Å². The van der Waals surface area contributed by atoms with Gasteiger partial charge in [0.25, 0.3) is 0 Å². The van der Waals surface area contributed by atoms with Crippen LogP contribution >= 0.6 is 0 Å². The van der Waals surface area contributed by atoms with Crippen molar-refractivity contribution in [1.29, 1.82) is 0 Å². The summed E-state index contributed by atoms with van der Waals surface area (Å²) in [6, 6.07) is 5.16. The smallest absolute Gasteiger partial charge is 0.330 e. The van der Waals surface area contributed by atoms with Crippen molar-refractivity contribution in [3.63, 3.8) is 0 Å². The number of hydrogen-bond acceptors (Lipinski definition) is 5. The number of phenolic OH excluding ortho intramolecular Hbond substituents is 1. The van der Waals surface area contributed by atoms with E-state index >= 15 is 0 Å². The largest absolute Gasteiger partial charge is 0.508 e. The molecular weight excluding hydrogens is 284 g/mol. The second-order valence-corrected chi connectivity index (χ2v) is 4.03. The van der Waals surface area contributed by atoms with E-state index in [0.29, 0.717) is 13.2 Å². The minimum Gasteiger partial charge on any atom is -0.508 e. The fraction of sp³-hybridized carbons (Fsp3) is 0.294. The van der Waals surface area contributed by atoms with E-state index in [2.05, 4.69) is 11.3 Å². The zero-order chi connectivity index (χ0) is 17.0. The van der Waals surface area contributed by atoms with Gasteiger partial charge in [0.05, 0.1) is 13.2 Å². The van der Waals surface area contributed by atoms with Gasteiger partial charge in [-0.1, -0.05) is 18.7 Å². The molecule has 0 radical (unpaired) electrons. The molecule has 0 saturated heterocycles. The summed E-state index contributed by atoms with van der Waals surface area (Å²) in [4.78, 5) is 21.1. The quantitative estimate of drug-likeness (QED) is 0.668. The van der Waals surface area contributed by atoms with Crippen molar-refractivity contribution in [3.8, 4) is 5.75 Å². The topological polar surface area (TPSA) is 72.8 Å². The summed E-state index contributed by atoms with van der Waals surface area (Å²) in [7, 11) is 0. The Balaban J connectivity index is 0.000000534. The Hall–Kier alpha value is -2.56. The summed E-state index contributed by atoms with van der Waals surface area (Å²) in [5.41, 5.74) is 1.56. The van der Waals surface area contributed by atoms with Crippen molar-refractivity contribution in [2.75, 3.05) is 13.2 Å². The van der Waals surface area contributed by atoms with Crippen LogP contribution in [0.1, 0.15) is 25.0 Å². The number of phenols is 1. The minimum absolute atomic E-state index is 0.223. The second kappa shape index (κ2) is 11.1. The lowest BCUT2D eigenvalue weighted by molar-refractivity contribution is -0.138. The van der Waals surface area contributed by atoms with Crippen LogP contribution in [-0.2, 0) is 19.1 Å². The highest BCUT2D eigenvalue weighted by Crippen LogP contribution is 2.20. The Kier molecular flexibility index (Phi) is 9.84. The van der Waals surface area contributed by atoms with Gasteiger partial charge in [-0.3, -0.25) is 0 Å². The third-order valence-electron chi connectivity index (χ3n) is 2.49. The van der Waals surface area contributed by atoms with Crippen LogP contribution in [-0.4, -0.2) is 30.3 Å². The number of hydrogen-bond donors (Lipinski definition) is 1. The maximum Gasteiger partial charge on any atom is 0.330 e. The summed E-state index contributed by atoms with van der Waals surface area (Å²) in [6.45, 7) is 9.29. The maximum atomic E-state index is 11.0. The number of carbonyl (C=O) groups is 2. The maximum absolute atomic E-state index is 11.0. The van der Waals surface area contributed by atoms with E-state index in [-0.39, 0.29) is 17.7 Å². The first-order valence-electron chi connectivity index (χ1n) is 6.88. The van der Waals surface area contributed by atoms with Gasteiger partial charge in [0.1, 0.15) is 5.75 Å². The predicted octanol–water partition coefficient (Wildman–Crippen LogP) is 3.01. The normalized spacial score (nSPS) is 9.59. The molecule has 0 fully saturated rings. The molecule has 5 heteroatoms. The van der Waals surface area contributed by atoms with Gasteiger partial charge in [-0.15, -0.1) is 0 Å². The fourth-order valence-corrected chi connectivity index (χ4v) is 1.37. The standard InChI is InChI=1S/C12H14O3.C5H8O2/c1-3-15-12(14)8-7-10-5-4-6-11(13)9(10)2;1-3-5(6)7-4-2/h4-8,13H,3H2,1-2H3;3H,1,4H2,2H3. The molecule has 0 atom stereocenters. The van der Waals surface area contributed by atoms with Crippen molar-refractivity contribution in [1.82, 2.24) is 0 Å². The van der Waals surface area contributed by atoms with Crippen LogP contribution in [0.5, 0.6) is 5.75 Å². The molecule has 1 N–H and O–H groups in total. The first-order chi connectivity index (χ1) is 10.5. The molecule has 0 saturated carbocycles. The number of benzene rings is 1. The predicted molar refractivity (Wildman–Crippen MR) is 85.3 cm³/mol. The third kappa shape index (κ3) is 7.89. The van der Waals surface area contributed by atoms with E-state index < -0.39 is 0 Å². The Morgan fingerprint density at radius 1 is 1.18 bits per heavy atom. The summed E-state index contributed by atoms with van der Waals surface area (Å²) in [6.07, 6.45) is 4.13. The Morgan fingerprint density at radius 3 is 2.27 bits per heavy atom. The van der Waals surface area contributed by atoms with Gasteiger partial charge in [0, 0.05) is 12.2 Å². The lowest BCUT2D eigenvalue weighted by Gasteiger charge is -2.02. The molecule has 5 nitrogen and oxygen atoms in total. The average Bonchev–Trinajstić information content (AvgIpc) is 2.50. The van der Waals surface area contributed by atoms with Crippen LogP contribution in [0.2, 0.25) is 0 Å². The van der Waals surface area contributed by atoms with E-state index in [1.54, 1.807) is 39.0 Å². The van der Waals surface area contributed by atoms with E-state index in [1.165, 1.54) is 6.08 Å². The molecule has 0 aliphatic carbocycles. The molecule has 0 aliphatic heterocycles. The van der Waals surface area contributed by atoms with Gasteiger partial charge >= 0.3 is 11.9 Å². The molecule has 0 bridgehead atoms. The highest BCUT2D eigenvalue weighted by molar-refractivity contribution is 5.87. The van der Waals surface area contributed by atoms with E-state index in [9.17, 15) is 14.7 Å². The van der Waals surface area contributed by atoms with Crippen LogP contribution in [0.3, 0.4) is 0 Å². The van der Waals surface area contributed by atoms with E-state index in [4.69, 9.17) is 4.74 Å². The molecule has 1 aromatic carbocycles. The molecular formula is C17H22O5. The number of aromatic hydroxyl groups is 1. The number of carbonyl (C=O) groups excluding carboxylic acids is 2. The van der Waals surface area contributed by atoms with Crippen LogP contribution < -0.4 is 0 Å². The first kappa shape index (κ1) is 19.4. The zero-order valence-electron chi connectivity index (χ0n) is 13.2. The fourth-order valence-electron chi connectivity index (χ4n) is 1.37. The number of esters is 2. The summed E-state index contributed by atoms with van der Waals surface area (Å²) in [5, 5.41) is 9.42. The molecule has 0 aliphatic rings. The zero-order valence-corrected chi connectivity index (χ0v) is 13.2. The van der Waals surface area contributed by atoms with E-state index in [0.717, 1.165) is 17.2 Å². The van der Waals surface area contributed by atoms with Crippen LogP contribution in [0.4, 0.5) is 0 Å². The molecule has 0 heterocycles. The minimum atomic E-state index is -0.375. The van der Waals surface area contributed by atoms with E-state index in [1.807, 2.05) is 6.07 Å². The molecule has 0 amide bonds. The molecule has 22 heavy (non-hydrogen) atoms. The molecule has 0 spiro atoms. The van der Waals surface area contributed by atoms with Gasteiger partial charge in [-0.05, 0) is 44.0 Å². The van der Waals surface area contributed by atoms with Crippen molar-refractivity contribution in [2.45, 2.75) is 20.8 Å². The van der Waals surface area contributed by atoms with Crippen molar-refractivity contribution in [3.05, 3.63) is 48.1 Å². The summed E-state index contributed by atoms with van der Waals surface area (Å²) >= 11 is 0. The average molecular weight is 306 g/mol. The van der Waals surface area contributed by atoms with Gasteiger partial charge in [0.15, 0.2) is 0 Å². The highest BCUT2D eigenvalue weighted by Gasteiger charge is 2.00. The number of ether oxygens (including phenoxy) is 2. The molecule has 1 aromatic rings. The molecule has 120 valence electrons. The molecule has 1 rings (SSSR count). The van der Waals surface area contributed by atoms with Crippen molar-refractivity contribution >= 4 is 18.0 Å². The summed E-state index contributed by atoms with van der Waals surface area (Å²) in [5.74, 6) is -0.510. The Bertz CT molecular complexity index is 532. The van der Waals surface area contributed by atoms with Gasteiger partial charge in [-0.25, -0.2) is 9.59 Å². The van der Waals surface area contributed by atoms with Crippen molar-refractivity contribution < 1.29 is 24.2 Å². The van der Waals surface area contributed by atoms with Gasteiger partial charge in [-0.2, -0.15) is 0 Å². The Morgan fingerprint density at radius 2 is 1.77 bits per heavy atom. The lowest BCUT2D eigenvalue weighted by Crippen LogP contribution is -1.98. The van der Waals surface area contributed by atoms with Crippen LogP contribution in [0.15, 0.2) is 36.9 Å². The Labute approximate surface area is 130 Å². The SMILES string of the molecule is C=CC(=O)OCC.CCOC(=O)C=Cc1cccc(O)c1C. The molecule has 0 aromatic heterocycles.